The molecule has 0 saturated carbocycles. The number of ether oxygens (including phenoxy) is 1. The number of aromatic amines is 1. The highest BCUT2D eigenvalue weighted by atomic mass is 19.1. The predicted molar refractivity (Wildman–Crippen MR) is 114 cm³/mol. The van der Waals surface area contributed by atoms with Crippen molar-refractivity contribution in [3.63, 3.8) is 0 Å². The van der Waals surface area contributed by atoms with Crippen LogP contribution >= 0.6 is 0 Å². The second-order valence-corrected chi connectivity index (χ2v) is 8.61. The van der Waals surface area contributed by atoms with Gasteiger partial charge >= 0.3 is 0 Å². The summed E-state index contributed by atoms with van der Waals surface area (Å²) in [6, 6.07) is 10.1. The van der Waals surface area contributed by atoms with E-state index in [0.717, 1.165) is 5.56 Å². The minimum Gasteiger partial charge on any atom is -0.486 e. The SMILES string of the molecule is Cc1ccc2c(c1)C(=O)CC1(CCN(C(=O)CCc3nc4ccc(F)cc4[nH]3)CC1)O2. The van der Waals surface area contributed by atoms with Crippen LogP contribution in [0.4, 0.5) is 4.39 Å². The average molecular weight is 421 g/mol. The number of fused-ring (bicyclic) bond motifs is 2. The number of hydrogen-bond acceptors (Lipinski definition) is 4. The largest absolute Gasteiger partial charge is 0.486 e. The number of nitrogens with zero attached hydrogens (tertiary/aromatic N) is 2. The maximum Gasteiger partial charge on any atom is 0.223 e. The maximum atomic E-state index is 13.3. The molecule has 31 heavy (non-hydrogen) atoms. The molecular formula is C24H24FN3O3. The predicted octanol–water partition coefficient (Wildman–Crippen LogP) is 3.97. The summed E-state index contributed by atoms with van der Waals surface area (Å²) in [4.78, 5) is 34.8. The molecule has 2 aromatic carbocycles. The molecule has 1 aromatic heterocycles. The van der Waals surface area contributed by atoms with E-state index in [1.165, 1.54) is 12.1 Å². The highest BCUT2D eigenvalue weighted by molar-refractivity contribution is 6.00. The quantitative estimate of drug-likeness (QED) is 0.694. The minimum atomic E-state index is -0.515. The first kappa shape index (κ1) is 19.7. The molecule has 1 N–H and O–H groups in total. The number of imidazole rings is 1. The second-order valence-electron chi connectivity index (χ2n) is 8.61. The molecule has 2 aliphatic rings. The van der Waals surface area contributed by atoms with Crippen LogP contribution in [0.5, 0.6) is 5.75 Å². The number of Topliss-reactive ketones (excluding diaryl/α,β-unsaturated/α-hetero) is 1. The van der Waals surface area contributed by atoms with Gasteiger partial charge in [0.05, 0.1) is 23.0 Å². The Hall–Kier alpha value is -3.22. The van der Waals surface area contributed by atoms with Gasteiger partial charge in [0.2, 0.25) is 5.91 Å². The molecule has 1 saturated heterocycles. The monoisotopic (exact) mass is 421 g/mol. The van der Waals surface area contributed by atoms with Crippen LogP contribution in [0.15, 0.2) is 36.4 Å². The number of nitrogens with one attached hydrogen (secondary N) is 1. The van der Waals surface area contributed by atoms with Crippen LogP contribution < -0.4 is 4.74 Å². The van der Waals surface area contributed by atoms with Crippen LogP contribution in [0.1, 0.15) is 47.4 Å². The van der Waals surface area contributed by atoms with Crippen molar-refractivity contribution in [2.75, 3.05) is 13.1 Å². The van der Waals surface area contributed by atoms with Crippen LogP contribution in [0.2, 0.25) is 0 Å². The number of H-pyrrole nitrogens is 1. The Bertz CT molecular complexity index is 1180. The summed E-state index contributed by atoms with van der Waals surface area (Å²) < 4.78 is 19.6. The average Bonchev–Trinajstić information content (AvgIpc) is 3.15. The number of carbonyl (C=O) groups is 2. The summed E-state index contributed by atoms with van der Waals surface area (Å²) >= 11 is 0. The Labute approximate surface area is 179 Å². The molecule has 0 radical (unpaired) electrons. The zero-order valence-electron chi connectivity index (χ0n) is 17.4. The number of carbonyl (C=O) groups excluding carboxylic acids is 2. The van der Waals surface area contributed by atoms with E-state index in [1.807, 2.05) is 30.0 Å². The molecule has 3 heterocycles. The Kier molecular flexibility index (Phi) is 4.76. The third kappa shape index (κ3) is 3.80. The number of hydrogen-bond donors (Lipinski definition) is 1. The third-order valence-electron chi connectivity index (χ3n) is 6.34. The first-order chi connectivity index (χ1) is 14.9. The number of amides is 1. The van der Waals surface area contributed by atoms with Crippen LogP contribution in [0.25, 0.3) is 11.0 Å². The second kappa shape index (κ2) is 7.48. The minimum absolute atomic E-state index is 0.0552. The number of piperidine rings is 1. The van der Waals surface area contributed by atoms with E-state index < -0.39 is 5.60 Å². The van der Waals surface area contributed by atoms with Gasteiger partial charge in [-0.15, -0.1) is 0 Å². The third-order valence-corrected chi connectivity index (χ3v) is 6.34. The molecule has 0 aliphatic carbocycles. The Morgan fingerprint density at radius 2 is 2.03 bits per heavy atom. The lowest BCUT2D eigenvalue weighted by Crippen LogP contribution is -2.52. The van der Waals surface area contributed by atoms with Crippen LogP contribution in [-0.4, -0.2) is 45.2 Å². The smallest absolute Gasteiger partial charge is 0.223 e. The van der Waals surface area contributed by atoms with Crippen molar-refractivity contribution in [2.45, 2.75) is 44.6 Å². The Morgan fingerprint density at radius 1 is 1.23 bits per heavy atom. The Morgan fingerprint density at radius 3 is 2.84 bits per heavy atom. The fourth-order valence-electron chi connectivity index (χ4n) is 4.59. The van der Waals surface area contributed by atoms with E-state index in [2.05, 4.69) is 9.97 Å². The number of aromatic nitrogens is 2. The number of aryl methyl sites for hydroxylation is 2. The first-order valence-corrected chi connectivity index (χ1v) is 10.7. The summed E-state index contributed by atoms with van der Waals surface area (Å²) in [5, 5.41) is 0. The number of likely N-dealkylation sites (tertiary alicyclic amines) is 1. The fourth-order valence-corrected chi connectivity index (χ4v) is 4.59. The zero-order valence-corrected chi connectivity index (χ0v) is 17.4. The van der Waals surface area contributed by atoms with Gasteiger partial charge in [-0.3, -0.25) is 9.59 Å². The molecule has 6 nitrogen and oxygen atoms in total. The molecule has 160 valence electrons. The van der Waals surface area contributed by atoms with Crippen LogP contribution in [-0.2, 0) is 11.2 Å². The van der Waals surface area contributed by atoms with Crippen molar-refractivity contribution in [1.82, 2.24) is 14.9 Å². The van der Waals surface area contributed by atoms with Crippen molar-refractivity contribution >= 4 is 22.7 Å². The summed E-state index contributed by atoms with van der Waals surface area (Å²) in [6.07, 6.45) is 2.44. The number of halogens is 1. The lowest BCUT2D eigenvalue weighted by Gasteiger charge is -2.44. The van der Waals surface area contributed by atoms with Crippen molar-refractivity contribution < 1.29 is 18.7 Å². The number of benzene rings is 2. The van der Waals surface area contributed by atoms with Gasteiger partial charge in [-0.05, 0) is 37.3 Å². The van der Waals surface area contributed by atoms with Gasteiger partial charge in [0.15, 0.2) is 5.78 Å². The lowest BCUT2D eigenvalue weighted by molar-refractivity contribution is -0.134. The van der Waals surface area contributed by atoms with Gasteiger partial charge in [0.1, 0.15) is 23.0 Å². The van der Waals surface area contributed by atoms with Gasteiger partial charge < -0.3 is 14.6 Å². The zero-order chi connectivity index (χ0) is 21.6. The van der Waals surface area contributed by atoms with Crippen molar-refractivity contribution in [1.29, 1.82) is 0 Å². The maximum absolute atomic E-state index is 13.3. The normalized spacial score (nSPS) is 17.6. The summed E-state index contributed by atoms with van der Waals surface area (Å²) in [6.45, 7) is 3.10. The number of ketones is 1. The first-order valence-electron chi connectivity index (χ1n) is 10.7. The molecule has 0 unspecified atom stereocenters. The van der Waals surface area contributed by atoms with Crippen molar-refractivity contribution in [3.8, 4) is 5.75 Å². The Balaban J connectivity index is 1.19. The van der Waals surface area contributed by atoms with E-state index in [9.17, 15) is 14.0 Å². The van der Waals surface area contributed by atoms with Gasteiger partial charge in [-0.2, -0.15) is 0 Å². The van der Waals surface area contributed by atoms with Gasteiger partial charge in [0, 0.05) is 38.8 Å². The van der Waals surface area contributed by atoms with E-state index in [-0.39, 0.29) is 17.5 Å². The molecule has 1 fully saturated rings. The molecule has 5 rings (SSSR count). The summed E-state index contributed by atoms with van der Waals surface area (Å²) in [7, 11) is 0. The standard InChI is InChI=1S/C24H24FN3O3/c1-15-2-5-21-17(12-15)20(29)14-24(31-21)8-10-28(11-9-24)23(30)7-6-22-26-18-4-3-16(25)13-19(18)27-22/h2-5,12-13H,6-11,14H2,1H3,(H,26,27). The molecule has 7 heteroatoms. The molecule has 1 amide bonds. The topological polar surface area (TPSA) is 75.3 Å². The van der Waals surface area contributed by atoms with E-state index >= 15 is 0 Å². The lowest BCUT2D eigenvalue weighted by atomic mass is 9.82. The van der Waals surface area contributed by atoms with E-state index in [1.54, 1.807) is 6.07 Å². The van der Waals surface area contributed by atoms with Crippen LogP contribution in [0, 0.1) is 12.7 Å². The summed E-state index contributed by atoms with van der Waals surface area (Å²) in [5.74, 6) is 1.19. The van der Waals surface area contributed by atoms with Gasteiger partial charge in [-0.1, -0.05) is 11.6 Å². The molecule has 0 atom stereocenters. The van der Waals surface area contributed by atoms with Crippen LogP contribution in [0.3, 0.4) is 0 Å². The molecule has 1 spiro atoms. The van der Waals surface area contributed by atoms with Gasteiger partial charge in [0.25, 0.3) is 0 Å². The highest BCUT2D eigenvalue weighted by Gasteiger charge is 2.43. The van der Waals surface area contributed by atoms with E-state index in [4.69, 9.17) is 4.74 Å². The molecular weight excluding hydrogens is 397 g/mol. The van der Waals surface area contributed by atoms with Crippen molar-refractivity contribution in [3.05, 3.63) is 59.2 Å². The van der Waals surface area contributed by atoms with Crippen molar-refractivity contribution in [2.24, 2.45) is 0 Å². The van der Waals surface area contributed by atoms with E-state index in [0.29, 0.717) is 73.4 Å². The molecule has 3 aromatic rings. The highest BCUT2D eigenvalue weighted by Crippen LogP contribution is 2.39. The summed E-state index contributed by atoms with van der Waals surface area (Å²) in [5.41, 5.74) is 2.52. The van der Waals surface area contributed by atoms with Gasteiger partial charge in [-0.25, -0.2) is 9.37 Å². The number of rotatable bonds is 3. The molecule has 2 aliphatic heterocycles. The molecule has 0 bridgehead atoms. The fraction of sp³-hybridized carbons (Fsp3) is 0.375.